The monoisotopic (exact) mass is 332 g/mol. The van der Waals surface area contributed by atoms with Crippen molar-refractivity contribution in [2.75, 3.05) is 0 Å². The topological polar surface area (TPSA) is 45.8 Å². The van der Waals surface area contributed by atoms with Crippen molar-refractivity contribution < 1.29 is 0 Å². The van der Waals surface area contributed by atoms with Crippen LogP contribution in [0.15, 0.2) is 65.5 Å². The summed E-state index contributed by atoms with van der Waals surface area (Å²) in [7, 11) is 0. The third-order valence-corrected chi connectivity index (χ3v) is 4.15. The van der Waals surface area contributed by atoms with Crippen LogP contribution in [0, 0.1) is 0 Å². The number of H-pyrrole nitrogens is 1. The van der Waals surface area contributed by atoms with E-state index in [0.717, 1.165) is 16.3 Å². The van der Waals surface area contributed by atoms with Crippen LogP contribution < -0.4 is 5.56 Å². The summed E-state index contributed by atoms with van der Waals surface area (Å²) < 4.78 is 0. The summed E-state index contributed by atoms with van der Waals surface area (Å²) in [5, 5.41) is 3.38. The number of hydrogen-bond donors (Lipinski definition) is 1. The molecule has 0 atom stereocenters. The van der Waals surface area contributed by atoms with Crippen molar-refractivity contribution in [2.45, 2.75) is 0 Å². The van der Waals surface area contributed by atoms with Crippen molar-refractivity contribution in [3.63, 3.8) is 0 Å². The molecule has 1 N–H and O–H groups in total. The first-order valence-electron chi connectivity index (χ1n) is 7.55. The highest BCUT2D eigenvalue weighted by atomic mass is 35.5. The molecule has 0 amide bonds. The number of benzene rings is 3. The van der Waals surface area contributed by atoms with Gasteiger partial charge in [-0.3, -0.25) is 4.79 Å². The van der Waals surface area contributed by atoms with Gasteiger partial charge in [-0.15, -0.1) is 0 Å². The molecule has 0 bridgehead atoms. The molecule has 24 heavy (non-hydrogen) atoms. The van der Waals surface area contributed by atoms with Gasteiger partial charge in [0, 0.05) is 5.02 Å². The molecule has 0 spiro atoms. The van der Waals surface area contributed by atoms with Gasteiger partial charge < -0.3 is 4.98 Å². The summed E-state index contributed by atoms with van der Waals surface area (Å²) in [6.45, 7) is 0. The number of nitrogens with one attached hydrogen (secondary N) is 1. The first-order valence-corrected chi connectivity index (χ1v) is 7.93. The van der Waals surface area contributed by atoms with Gasteiger partial charge in [0.2, 0.25) is 0 Å². The van der Waals surface area contributed by atoms with Gasteiger partial charge in [0.25, 0.3) is 5.56 Å². The maximum atomic E-state index is 12.4. The van der Waals surface area contributed by atoms with Crippen LogP contribution in [0.3, 0.4) is 0 Å². The van der Waals surface area contributed by atoms with Crippen LogP contribution in [-0.2, 0) is 0 Å². The number of aromatic nitrogens is 2. The van der Waals surface area contributed by atoms with Crippen molar-refractivity contribution >= 4 is 45.4 Å². The molecule has 4 aromatic rings. The second kappa shape index (κ2) is 5.95. The lowest BCUT2D eigenvalue weighted by Crippen LogP contribution is -2.09. The van der Waals surface area contributed by atoms with E-state index < -0.39 is 0 Å². The zero-order chi connectivity index (χ0) is 16.5. The summed E-state index contributed by atoms with van der Waals surface area (Å²) >= 11 is 5.88. The first-order chi connectivity index (χ1) is 11.7. The minimum Gasteiger partial charge on any atom is -0.306 e. The van der Waals surface area contributed by atoms with Crippen LogP contribution in [0.25, 0.3) is 33.8 Å². The Morgan fingerprint density at radius 3 is 2.38 bits per heavy atom. The zero-order valence-corrected chi connectivity index (χ0v) is 13.4. The Labute approximate surface area is 143 Å². The largest absolute Gasteiger partial charge is 0.306 e. The summed E-state index contributed by atoms with van der Waals surface area (Å²) in [6, 6.07) is 19.2. The molecule has 0 aliphatic carbocycles. The molecule has 4 rings (SSSR count). The smallest absolute Gasteiger partial charge is 0.259 e. The van der Waals surface area contributed by atoms with Crippen LogP contribution in [-0.4, -0.2) is 9.97 Å². The molecule has 0 aliphatic rings. The number of aromatic amines is 1. The fourth-order valence-corrected chi connectivity index (χ4v) is 2.80. The summed E-state index contributed by atoms with van der Waals surface area (Å²) in [5.74, 6) is 0.526. The molecule has 0 saturated carbocycles. The molecular formula is C20H13ClN2O. The van der Waals surface area contributed by atoms with Crippen LogP contribution >= 0.6 is 11.6 Å². The van der Waals surface area contributed by atoms with E-state index in [2.05, 4.69) is 9.97 Å². The van der Waals surface area contributed by atoms with Crippen LogP contribution in [0.5, 0.6) is 0 Å². The Morgan fingerprint density at radius 2 is 1.62 bits per heavy atom. The van der Waals surface area contributed by atoms with Crippen molar-refractivity contribution in [3.8, 4) is 0 Å². The minimum atomic E-state index is -0.137. The quantitative estimate of drug-likeness (QED) is 0.531. The second-order valence-corrected chi connectivity index (χ2v) is 5.99. The fraction of sp³-hybridized carbons (Fsp3) is 0. The molecule has 0 unspecified atom stereocenters. The van der Waals surface area contributed by atoms with Crippen LogP contribution in [0.4, 0.5) is 0 Å². The predicted molar refractivity (Wildman–Crippen MR) is 100 cm³/mol. The highest BCUT2D eigenvalue weighted by molar-refractivity contribution is 6.30. The summed E-state index contributed by atoms with van der Waals surface area (Å²) in [4.78, 5) is 19.7. The lowest BCUT2D eigenvalue weighted by Gasteiger charge is -2.02. The molecule has 0 radical (unpaired) electrons. The standard InChI is InChI=1S/C20H13ClN2O/c21-16-8-5-13(6-9-16)7-10-19-22-18-12-15-4-2-1-3-14(15)11-17(18)20(24)23-19/h1-12H,(H,22,23,24)/b10-7+. The van der Waals surface area contributed by atoms with Crippen LogP contribution in [0.2, 0.25) is 5.02 Å². The van der Waals surface area contributed by atoms with Gasteiger partial charge in [-0.05, 0) is 46.7 Å². The van der Waals surface area contributed by atoms with E-state index in [-0.39, 0.29) is 5.56 Å². The normalized spacial score (nSPS) is 11.5. The molecule has 1 aromatic heterocycles. The number of nitrogens with zero attached hydrogens (tertiary/aromatic N) is 1. The van der Waals surface area contributed by atoms with Crippen molar-refractivity contribution in [1.29, 1.82) is 0 Å². The predicted octanol–water partition coefficient (Wildman–Crippen LogP) is 4.90. The van der Waals surface area contributed by atoms with E-state index in [0.29, 0.717) is 21.7 Å². The Balaban J connectivity index is 1.80. The molecule has 1 heterocycles. The van der Waals surface area contributed by atoms with Gasteiger partial charge in [-0.25, -0.2) is 4.98 Å². The highest BCUT2D eigenvalue weighted by Gasteiger charge is 2.04. The Kier molecular flexibility index (Phi) is 3.63. The van der Waals surface area contributed by atoms with Crippen LogP contribution in [0.1, 0.15) is 11.4 Å². The fourth-order valence-electron chi connectivity index (χ4n) is 2.67. The van der Waals surface area contributed by atoms with Gasteiger partial charge in [-0.2, -0.15) is 0 Å². The molecule has 0 saturated heterocycles. The molecule has 4 heteroatoms. The zero-order valence-electron chi connectivity index (χ0n) is 12.7. The van der Waals surface area contributed by atoms with Gasteiger partial charge in [0.1, 0.15) is 5.82 Å². The van der Waals surface area contributed by atoms with E-state index in [1.807, 2.05) is 66.7 Å². The third kappa shape index (κ3) is 2.82. The number of halogens is 1. The number of rotatable bonds is 2. The third-order valence-electron chi connectivity index (χ3n) is 3.89. The lowest BCUT2D eigenvalue weighted by molar-refractivity contribution is 1.14. The Hall–Kier alpha value is -2.91. The van der Waals surface area contributed by atoms with E-state index in [9.17, 15) is 4.79 Å². The minimum absolute atomic E-state index is 0.137. The van der Waals surface area contributed by atoms with Gasteiger partial charge in [-0.1, -0.05) is 54.1 Å². The molecule has 116 valence electrons. The van der Waals surface area contributed by atoms with E-state index in [1.54, 1.807) is 6.08 Å². The summed E-state index contributed by atoms with van der Waals surface area (Å²) in [5.41, 5.74) is 1.54. The van der Waals surface area contributed by atoms with Gasteiger partial charge >= 0.3 is 0 Å². The van der Waals surface area contributed by atoms with E-state index in [4.69, 9.17) is 11.6 Å². The molecular weight excluding hydrogens is 320 g/mol. The molecule has 0 fully saturated rings. The van der Waals surface area contributed by atoms with Gasteiger partial charge in [0.05, 0.1) is 10.9 Å². The Bertz CT molecular complexity index is 1130. The van der Waals surface area contributed by atoms with Crippen molar-refractivity contribution in [1.82, 2.24) is 9.97 Å². The molecule has 3 aromatic carbocycles. The first kappa shape index (κ1) is 14.7. The van der Waals surface area contributed by atoms with Crippen molar-refractivity contribution in [3.05, 3.63) is 87.4 Å². The van der Waals surface area contributed by atoms with E-state index >= 15 is 0 Å². The summed E-state index contributed by atoms with van der Waals surface area (Å²) in [6.07, 6.45) is 3.68. The maximum absolute atomic E-state index is 12.4. The number of hydrogen-bond acceptors (Lipinski definition) is 2. The Morgan fingerprint density at radius 1 is 0.917 bits per heavy atom. The SMILES string of the molecule is O=c1[nH]c(/C=C/c2ccc(Cl)cc2)nc2cc3ccccc3cc12. The maximum Gasteiger partial charge on any atom is 0.259 e. The average Bonchev–Trinajstić information content (AvgIpc) is 2.60. The molecule has 0 aliphatic heterocycles. The van der Waals surface area contributed by atoms with Crippen molar-refractivity contribution in [2.24, 2.45) is 0 Å². The van der Waals surface area contributed by atoms with Gasteiger partial charge in [0.15, 0.2) is 0 Å². The average molecular weight is 333 g/mol. The molecule has 3 nitrogen and oxygen atoms in total. The second-order valence-electron chi connectivity index (χ2n) is 5.55. The lowest BCUT2D eigenvalue weighted by atomic mass is 10.1. The highest BCUT2D eigenvalue weighted by Crippen LogP contribution is 2.19. The van der Waals surface area contributed by atoms with E-state index in [1.165, 1.54) is 0 Å². The number of fused-ring (bicyclic) bond motifs is 2.